The van der Waals surface area contributed by atoms with Crippen molar-refractivity contribution >= 4 is 17.7 Å². The van der Waals surface area contributed by atoms with E-state index in [1.54, 1.807) is 18.0 Å². The average molecular weight is 212 g/mol. The first-order valence-electron chi connectivity index (χ1n) is 4.50. The minimum Gasteiger partial charge on any atom is -0.357 e. The maximum atomic E-state index is 4.31. The fourth-order valence-electron chi connectivity index (χ4n) is 0.876. The van der Waals surface area contributed by atoms with Crippen LogP contribution in [0.4, 0.5) is 5.95 Å². The highest BCUT2D eigenvalue weighted by atomic mass is 32.2. The zero-order valence-electron chi connectivity index (χ0n) is 8.82. The van der Waals surface area contributed by atoms with Gasteiger partial charge in [-0.25, -0.2) is 9.97 Å². The Bertz CT molecular complexity index is 277. The van der Waals surface area contributed by atoms with Gasteiger partial charge in [-0.15, -0.1) is 11.8 Å². The highest BCUT2D eigenvalue weighted by Crippen LogP contribution is 2.15. The summed E-state index contributed by atoms with van der Waals surface area (Å²) in [4.78, 5) is 10.5. The largest absolute Gasteiger partial charge is 0.357 e. The number of aromatic nitrogens is 2. The summed E-state index contributed by atoms with van der Waals surface area (Å²) in [6, 6.07) is 1.93. The van der Waals surface area contributed by atoms with Crippen LogP contribution in [0, 0.1) is 0 Å². The van der Waals surface area contributed by atoms with Crippen LogP contribution in [0.1, 0.15) is 0 Å². The summed E-state index contributed by atoms with van der Waals surface area (Å²) < 4.78 is 0. The first kappa shape index (κ1) is 11.3. The number of anilines is 1. The third-order valence-corrected chi connectivity index (χ3v) is 2.55. The van der Waals surface area contributed by atoms with Gasteiger partial charge in [-0.1, -0.05) is 0 Å². The molecule has 0 fully saturated rings. The summed E-state index contributed by atoms with van der Waals surface area (Å²) in [7, 11) is 5.96. The van der Waals surface area contributed by atoms with Gasteiger partial charge in [0.05, 0.1) is 0 Å². The second kappa shape index (κ2) is 5.82. The smallest absolute Gasteiger partial charge is 0.223 e. The zero-order chi connectivity index (χ0) is 10.4. The van der Waals surface area contributed by atoms with Crippen molar-refractivity contribution in [1.82, 2.24) is 14.9 Å². The lowest BCUT2D eigenvalue weighted by molar-refractivity contribution is 0.437. The Kier molecular flexibility index (Phi) is 4.69. The molecule has 0 aromatic carbocycles. The summed E-state index contributed by atoms with van der Waals surface area (Å²) >= 11 is 1.75. The standard InChI is InChI=1S/C9H16N4S/c1-10-9-11-5-4-8(12-9)14-7-6-13(2)3/h4-5H,6-7H2,1-3H3,(H,10,11,12). The third-order valence-electron chi connectivity index (χ3n) is 1.64. The van der Waals surface area contributed by atoms with Crippen LogP contribution in [0.2, 0.25) is 0 Å². The molecule has 1 aromatic heterocycles. The molecular weight excluding hydrogens is 196 g/mol. The SMILES string of the molecule is CNc1nccc(SCCN(C)C)n1. The van der Waals surface area contributed by atoms with Crippen molar-refractivity contribution in [1.29, 1.82) is 0 Å². The van der Waals surface area contributed by atoms with Crippen molar-refractivity contribution in [2.24, 2.45) is 0 Å². The molecule has 0 saturated carbocycles. The number of hydrogen-bond acceptors (Lipinski definition) is 5. The molecule has 0 unspecified atom stereocenters. The lowest BCUT2D eigenvalue weighted by atomic mass is 10.7. The van der Waals surface area contributed by atoms with E-state index >= 15 is 0 Å². The lowest BCUT2D eigenvalue weighted by Crippen LogP contribution is -2.14. The van der Waals surface area contributed by atoms with Gasteiger partial charge >= 0.3 is 0 Å². The van der Waals surface area contributed by atoms with Crippen LogP contribution < -0.4 is 5.32 Å². The van der Waals surface area contributed by atoms with Crippen molar-refractivity contribution in [2.45, 2.75) is 5.03 Å². The molecule has 0 aliphatic rings. The molecule has 0 saturated heterocycles. The predicted octanol–water partition coefficient (Wildman–Crippen LogP) is 1.17. The quantitative estimate of drug-likeness (QED) is 0.586. The topological polar surface area (TPSA) is 41.1 Å². The number of nitrogens with one attached hydrogen (secondary N) is 1. The van der Waals surface area contributed by atoms with Crippen LogP contribution in [0.15, 0.2) is 17.3 Å². The molecule has 4 nitrogen and oxygen atoms in total. The number of nitrogens with zero attached hydrogens (tertiary/aromatic N) is 3. The van der Waals surface area contributed by atoms with E-state index in [0.29, 0.717) is 5.95 Å². The van der Waals surface area contributed by atoms with E-state index in [9.17, 15) is 0 Å². The fourth-order valence-corrected chi connectivity index (χ4v) is 1.85. The Morgan fingerprint density at radius 1 is 1.50 bits per heavy atom. The van der Waals surface area contributed by atoms with Gasteiger partial charge in [0.25, 0.3) is 0 Å². The minimum absolute atomic E-state index is 0.680. The molecule has 5 heteroatoms. The second-order valence-electron chi connectivity index (χ2n) is 3.12. The predicted molar refractivity (Wildman–Crippen MR) is 60.9 cm³/mol. The molecule has 0 spiro atoms. The molecular formula is C9H16N4S. The molecule has 1 heterocycles. The van der Waals surface area contributed by atoms with Crippen molar-refractivity contribution in [2.75, 3.05) is 38.8 Å². The number of thioether (sulfide) groups is 1. The molecule has 0 atom stereocenters. The summed E-state index contributed by atoms with van der Waals surface area (Å²) in [6.45, 7) is 1.06. The van der Waals surface area contributed by atoms with Crippen LogP contribution in [-0.2, 0) is 0 Å². The van der Waals surface area contributed by atoms with E-state index in [1.807, 2.05) is 13.1 Å². The number of hydrogen-bond donors (Lipinski definition) is 1. The molecule has 0 aliphatic carbocycles. The van der Waals surface area contributed by atoms with Gasteiger partial charge in [0.2, 0.25) is 5.95 Å². The molecule has 1 aromatic rings. The van der Waals surface area contributed by atoms with E-state index in [2.05, 4.69) is 34.3 Å². The van der Waals surface area contributed by atoms with Crippen LogP contribution in [0.5, 0.6) is 0 Å². The highest BCUT2D eigenvalue weighted by Gasteiger charge is 1.98. The molecule has 0 amide bonds. The monoisotopic (exact) mass is 212 g/mol. The van der Waals surface area contributed by atoms with E-state index in [-0.39, 0.29) is 0 Å². The van der Waals surface area contributed by atoms with Gasteiger partial charge in [0.15, 0.2) is 0 Å². The molecule has 0 bridgehead atoms. The molecule has 78 valence electrons. The minimum atomic E-state index is 0.680. The van der Waals surface area contributed by atoms with Crippen LogP contribution >= 0.6 is 11.8 Å². The Labute approximate surface area is 89.1 Å². The summed E-state index contributed by atoms with van der Waals surface area (Å²) in [6.07, 6.45) is 1.77. The zero-order valence-corrected chi connectivity index (χ0v) is 9.64. The van der Waals surface area contributed by atoms with Crippen LogP contribution in [0.25, 0.3) is 0 Å². The molecule has 14 heavy (non-hydrogen) atoms. The van der Waals surface area contributed by atoms with Crippen LogP contribution in [-0.4, -0.2) is 48.3 Å². The van der Waals surface area contributed by atoms with Crippen LogP contribution in [0.3, 0.4) is 0 Å². The Morgan fingerprint density at radius 3 is 2.93 bits per heavy atom. The average Bonchev–Trinajstić information content (AvgIpc) is 2.18. The molecule has 0 aliphatic heterocycles. The fraction of sp³-hybridized carbons (Fsp3) is 0.556. The van der Waals surface area contributed by atoms with Gasteiger partial charge in [-0.05, 0) is 20.2 Å². The molecule has 1 rings (SSSR count). The van der Waals surface area contributed by atoms with E-state index in [4.69, 9.17) is 0 Å². The summed E-state index contributed by atoms with van der Waals surface area (Å²) in [5.74, 6) is 1.73. The highest BCUT2D eigenvalue weighted by molar-refractivity contribution is 7.99. The number of rotatable bonds is 5. The van der Waals surface area contributed by atoms with E-state index in [0.717, 1.165) is 17.3 Å². The van der Waals surface area contributed by atoms with E-state index < -0.39 is 0 Å². The van der Waals surface area contributed by atoms with Crippen molar-refractivity contribution < 1.29 is 0 Å². The van der Waals surface area contributed by atoms with E-state index in [1.165, 1.54) is 0 Å². The van der Waals surface area contributed by atoms with Gasteiger partial charge in [0.1, 0.15) is 5.03 Å². The Hall–Kier alpha value is -0.810. The third kappa shape index (κ3) is 3.93. The second-order valence-corrected chi connectivity index (χ2v) is 4.24. The van der Waals surface area contributed by atoms with Gasteiger partial charge in [0, 0.05) is 25.5 Å². The lowest BCUT2D eigenvalue weighted by Gasteiger charge is -2.08. The Morgan fingerprint density at radius 2 is 2.29 bits per heavy atom. The maximum Gasteiger partial charge on any atom is 0.223 e. The first-order chi connectivity index (χ1) is 6.72. The molecule has 1 N–H and O–H groups in total. The van der Waals surface area contributed by atoms with Gasteiger partial charge < -0.3 is 10.2 Å². The van der Waals surface area contributed by atoms with Gasteiger partial charge in [-0.3, -0.25) is 0 Å². The summed E-state index contributed by atoms with van der Waals surface area (Å²) in [5, 5.41) is 3.94. The normalized spacial score (nSPS) is 10.6. The first-order valence-corrected chi connectivity index (χ1v) is 5.49. The summed E-state index contributed by atoms with van der Waals surface area (Å²) in [5.41, 5.74) is 0. The Balaban J connectivity index is 2.42. The van der Waals surface area contributed by atoms with Crippen molar-refractivity contribution in [3.63, 3.8) is 0 Å². The van der Waals surface area contributed by atoms with Crippen molar-refractivity contribution in [3.8, 4) is 0 Å². The van der Waals surface area contributed by atoms with Crippen molar-refractivity contribution in [3.05, 3.63) is 12.3 Å². The maximum absolute atomic E-state index is 4.31. The van der Waals surface area contributed by atoms with Gasteiger partial charge in [-0.2, -0.15) is 0 Å². The molecule has 0 radical (unpaired) electrons.